The average molecular weight is 302 g/mol. The van der Waals surface area contributed by atoms with E-state index in [1.165, 1.54) is 6.20 Å². The van der Waals surface area contributed by atoms with Crippen LogP contribution in [0.15, 0.2) is 30.6 Å². The zero-order valence-corrected chi connectivity index (χ0v) is 12.2. The van der Waals surface area contributed by atoms with Crippen LogP contribution in [-0.2, 0) is 7.05 Å². The van der Waals surface area contributed by atoms with Crippen molar-refractivity contribution in [3.05, 3.63) is 47.0 Å². The van der Waals surface area contributed by atoms with Gasteiger partial charge in [-0.05, 0) is 25.1 Å². The van der Waals surface area contributed by atoms with Gasteiger partial charge >= 0.3 is 0 Å². The molecule has 0 aliphatic heterocycles. The van der Waals surface area contributed by atoms with E-state index in [2.05, 4.69) is 20.4 Å². The first-order chi connectivity index (χ1) is 10.0. The smallest absolute Gasteiger partial charge is 0.257 e. The lowest BCUT2D eigenvalue weighted by Gasteiger charge is -2.05. The molecule has 21 heavy (non-hydrogen) atoms. The van der Waals surface area contributed by atoms with Gasteiger partial charge in [-0.15, -0.1) is 0 Å². The van der Waals surface area contributed by atoms with Crippen LogP contribution >= 0.6 is 11.6 Å². The second-order valence-corrected chi connectivity index (χ2v) is 5.02. The van der Waals surface area contributed by atoms with Crippen molar-refractivity contribution in [1.82, 2.24) is 19.7 Å². The number of amides is 1. The van der Waals surface area contributed by atoms with Gasteiger partial charge in [-0.3, -0.25) is 9.48 Å². The van der Waals surface area contributed by atoms with Gasteiger partial charge in [0.1, 0.15) is 5.15 Å². The number of anilines is 1. The zero-order chi connectivity index (χ0) is 15.0. The number of aryl methyl sites for hydroxylation is 2. The van der Waals surface area contributed by atoms with Crippen molar-refractivity contribution in [2.24, 2.45) is 7.05 Å². The number of carbonyl (C=O) groups is 1. The quantitative estimate of drug-likeness (QED) is 0.738. The minimum Gasteiger partial charge on any atom is -0.321 e. The molecule has 1 amide bonds. The number of aromatic nitrogens is 4. The maximum Gasteiger partial charge on any atom is 0.257 e. The highest BCUT2D eigenvalue weighted by Crippen LogP contribution is 2.19. The van der Waals surface area contributed by atoms with Crippen LogP contribution in [0.5, 0.6) is 0 Å². The highest BCUT2D eigenvalue weighted by molar-refractivity contribution is 6.29. The number of rotatable bonds is 2. The van der Waals surface area contributed by atoms with Crippen LogP contribution in [0.2, 0.25) is 5.15 Å². The van der Waals surface area contributed by atoms with E-state index in [-0.39, 0.29) is 5.91 Å². The molecule has 6 nitrogen and oxygen atoms in total. The summed E-state index contributed by atoms with van der Waals surface area (Å²) < 4.78 is 1.71. The van der Waals surface area contributed by atoms with Crippen LogP contribution in [0.1, 0.15) is 16.1 Å². The van der Waals surface area contributed by atoms with Crippen LogP contribution in [0.3, 0.4) is 0 Å². The summed E-state index contributed by atoms with van der Waals surface area (Å²) in [5.41, 5.74) is 2.68. The molecular formula is C14H12ClN5O. The number of pyridine rings is 2. The van der Waals surface area contributed by atoms with E-state index in [1.807, 2.05) is 20.0 Å². The molecule has 3 aromatic rings. The van der Waals surface area contributed by atoms with Gasteiger partial charge in [0, 0.05) is 18.6 Å². The minimum absolute atomic E-state index is 0.262. The Hall–Kier alpha value is -2.47. The monoisotopic (exact) mass is 301 g/mol. The van der Waals surface area contributed by atoms with E-state index in [9.17, 15) is 4.79 Å². The van der Waals surface area contributed by atoms with Gasteiger partial charge in [-0.2, -0.15) is 5.10 Å². The molecule has 0 unspecified atom stereocenters. The lowest BCUT2D eigenvalue weighted by atomic mass is 10.2. The van der Waals surface area contributed by atoms with E-state index in [4.69, 9.17) is 11.6 Å². The van der Waals surface area contributed by atoms with Crippen molar-refractivity contribution in [3.8, 4) is 0 Å². The third-order valence-electron chi connectivity index (χ3n) is 3.11. The minimum atomic E-state index is -0.262. The van der Waals surface area contributed by atoms with Gasteiger partial charge < -0.3 is 5.32 Å². The first-order valence-electron chi connectivity index (χ1n) is 6.27. The Balaban J connectivity index is 1.89. The molecular weight excluding hydrogens is 290 g/mol. The second kappa shape index (κ2) is 5.14. The van der Waals surface area contributed by atoms with Crippen molar-refractivity contribution >= 4 is 34.2 Å². The molecule has 7 heteroatoms. The van der Waals surface area contributed by atoms with E-state index in [1.54, 1.807) is 23.0 Å². The van der Waals surface area contributed by atoms with Crippen molar-refractivity contribution in [2.45, 2.75) is 6.92 Å². The predicted octanol–water partition coefficient (Wildman–Crippen LogP) is 2.58. The molecule has 0 radical (unpaired) electrons. The molecule has 0 saturated heterocycles. The first-order valence-corrected chi connectivity index (χ1v) is 6.64. The number of hydrogen-bond donors (Lipinski definition) is 1. The van der Waals surface area contributed by atoms with E-state index in [0.717, 1.165) is 16.7 Å². The zero-order valence-electron chi connectivity index (χ0n) is 11.5. The molecule has 3 heterocycles. The summed E-state index contributed by atoms with van der Waals surface area (Å²) in [5.74, 6) is -0.262. The van der Waals surface area contributed by atoms with Crippen molar-refractivity contribution in [3.63, 3.8) is 0 Å². The Kier molecular flexibility index (Phi) is 3.31. The largest absolute Gasteiger partial charge is 0.321 e. The normalized spacial score (nSPS) is 10.8. The molecule has 0 spiro atoms. The fourth-order valence-electron chi connectivity index (χ4n) is 2.09. The predicted molar refractivity (Wildman–Crippen MR) is 80.4 cm³/mol. The number of halogens is 1. The van der Waals surface area contributed by atoms with Gasteiger partial charge in [0.25, 0.3) is 5.91 Å². The molecule has 1 N–H and O–H groups in total. The molecule has 0 atom stereocenters. The standard InChI is InChI=1S/C14H12ClN5O/c1-8-11-5-10(7-17-13(11)20(2)19-8)18-14(21)9-3-4-12(15)16-6-9/h3-7H,1-2H3,(H,18,21). The van der Waals surface area contributed by atoms with E-state index in [0.29, 0.717) is 16.4 Å². The maximum atomic E-state index is 12.1. The highest BCUT2D eigenvalue weighted by Gasteiger charge is 2.10. The topological polar surface area (TPSA) is 72.7 Å². The number of nitrogens with zero attached hydrogens (tertiary/aromatic N) is 4. The molecule has 3 rings (SSSR count). The molecule has 0 aromatic carbocycles. The molecule has 106 valence electrons. The molecule has 0 bridgehead atoms. The summed E-state index contributed by atoms with van der Waals surface area (Å²) in [6, 6.07) is 5.04. The van der Waals surface area contributed by atoms with Crippen molar-refractivity contribution in [1.29, 1.82) is 0 Å². The van der Waals surface area contributed by atoms with Crippen LogP contribution < -0.4 is 5.32 Å². The van der Waals surface area contributed by atoms with Gasteiger partial charge in [-0.25, -0.2) is 9.97 Å². The molecule has 0 aliphatic carbocycles. The molecule has 3 aromatic heterocycles. The number of hydrogen-bond acceptors (Lipinski definition) is 4. The molecule has 0 aliphatic rings. The van der Waals surface area contributed by atoms with Crippen molar-refractivity contribution in [2.75, 3.05) is 5.32 Å². The Bertz CT molecular complexity index is 825. The Morgan fingerprint density at radius 3 is 2.81 bits per heavy atom. The maximum absolute atomic E-state index is 12.1. The van der Waals surface area contributed by atoms with Gasteiger partial charge in [0.15, 0.2) is 5.65 Å². The average Bonchev–Trinajstić information content (AvgIpc) is 2.74. The van der Waals surface area contributed by atoms with E-state index >= 15 is 0 Å². The van der Waals surface area contributed by atoms with Crippen LogP contribution in [0.25, 0.3) is 11.0 Å². The van der Waals surface area contributed by atoms with Crippen molar-refractivity contribution < 1.29 is 4.79 Å². The van der Waals surface area contributed by atoms with Crippen LogP contribution in [0.4, 0.5) is 5.69 Å². The number of nitrogens with one attached hydrogen (secondary N) is 1. The summed E-state index contributed by atoms with van der Waals surface area (Å²) in [6.07, 6.45) is 3.03. The second-order valence-electron chi connectivity index (χ2n) is 4.63. The summed E-state index contributed by atoms with van der Waals surface area (Å²) in [7, 11) is 1.83. The lowest BCUT2D eigenvalue weighted by molar-refractivity contribution is 0.102. The van der Waals surface area contributed by atoms with Crippen LogP contribution in [-0.4, -0.2) is 25.7 Å². The first kappa shape index (κ1) is 13.5. The lowest BCUT2D eigenvalue weighted by Crippen LogP contribution is -2.12. The SMILES string of the molecule is Cc1nn(C)c2ncc(NC(=O)c3ccc(Cl)nc3)cc12. The third-order valence-corrected chi connectivity index (χ3v) is 3.33. The summed E-state index contributed by atoms with van der Waals surface area (Å²) in [4.78, 5) is 20.3. The van der Waals surface area contributed by atoms with E-state index < -0.39 is 0 Å². The Morgan fingerprint density at radius 2 is 2.10 bits per heavy atom. The summed E-state index contributed by atoms with van der Waals surface area (Å²) in [5, 5.41) is 8.33. The fraction of sp³-hybridized carbons (Fsp3) is 0.143. The Morgan fingerprint density at radius 1 is 1.29 bits per heavy atom. The third kappa shape index (κ3) is 2.57. The number of fused-ring (bicyclic) bond motifs is 1. The Labute approximate surface area is 125 Å². The highest BCUT2D eigenvalue weighted by atomic mass is 35.5. The fourth-order valence-corrected chi connectivity index (χ4v) is 2.20. The summed E-state index contributed by atoms with van der Waals surface area (Å²) >= 11 is 5.70. The van der Waals surface area contributed by atoms with Crippen LogP contribution in [0, 0.1) is 6.92 Å². The van der Waals surface area contributed by atoms with Gasteiger partial charge in [0.2, 0.25) is 0 Å². The van der Waals surface area contributed by atoms with Gasteiger partial charge in [0.05, 0.1) is 23.1 Å². The van der Waals surface area contributed by atoms with Gasteiger partial charge in [-0.1, -0.05) is 11.6 Å². The summed E-state index contributed by atoms with van der Waals surface area (Å²) in [6.45, 7) is 1.90. The molecule has 0 saturated carbocycles. The molecule has 0 fully saturated rings. The number of carbonyl (C=O) groups excluding carboxylic acids is 1.